The number of hydrogen-bond acceptors (Lipinski definition) is 4. The van der Waals surface area contributed by atoms with E-state index >= 15 is 0 Å². The van der Waals surface area contributed by atoms with E-state index in [1.165, 1.54) is 60.8 Å². The van der Waals surface area contributed by atoms with Crippen LogP contribution in [0.5, 0.6) is 23.0 Å². The maximum Gasteiger partial charge on any atom is 0.136 e. The molecule has 1 N–H and O–H groups in total. The molecule has 105 heavy (non-hydrogen) atoms. The van der Waals surface area contributed by atoms with Crippen LogP contribution in [-0.2, 0) is 0 Å². The lowest BCUT2D eigenvalue weighted by atomic mass is 9.96. The quantitative estimate of drug-likeness (QED) is 0.156. The number of pyridine rings is 2. The van der Waals surface area contributed by atoms with Gasteiger partial charge in [0.05, 0.1) is 45.2 Å². The second-order valence-corrected chi connectivity index (χ2v) is 27.0. The zero-order valence-electron chi connectivity index (χ0n) is 57.0. The average Bonchev–Trinajstić information content (AvgIpc) is 1.56. The van der Waals surface area contributed by atoms with E-state index in [1.54, 1.807) is 0 Å². The third kappa shape index (κ3) is 12.5. The Labute approximate surface area is 618 Å². The van der Waals surface area contributed by atoms with Gasteiger partial charge in [0.15, 0.2) is 0 Å². The number of aromatic nitrogens is 4. The van der Waals surface area contributed by atoms with Crippen molar-refractivity contribution in [1.82, 2.24) is 19.5 Å². The number of H-pyrrole nitrogens is 1. The van der Waals surface area contributed by atoms with Gasteiger partial charge in [-0.05, 0) is 118 Å². The predicted octanol–water partition coefficient (Wildman–Crippen LogP) is 27.3. The molecule has 18 aromatic rings. The summed E-state index contributed by atoms with van der Waals surface area (Å²) in [5, 5.41) is 2.39. The summed E-state index contributed by atoms with van der Waals surface area (Å²) in [4.78, 5) is 13.8. The van der Waals surface area contributed by atoms with E-state index in [1.807, 2.05) is 84.9 Å². The van der Waals surface area contributed by atoms with Crippen molar-refractivity contribution in [2.45, 2.75) is 0 Å². The SMILES string of the molecule is Brc1ccc(-c2cc(-c3ccccc3)nc(-c3ccccc3)c2)cc1.c1ccc(-c2cc(-c3ccc(-n4c5c(c6cccc(-c7ccccc7)c64)-c4ccccc4Oc4ccccc4-5)cc3)cc(-c3ccccc3)n2)cc1.c1ccc(-c2cccc3c4c([nH]c23)-c2ccccc2Oc2ccccc2-4)cc1. The molecule has 20 rings (SSSR count). The molecule has 0 saturated heterocycles. The van der Waals surface area contributed by atoms with Crippen LogP contribution in [0.4, 0.5) is 0 Å². The van der Waals surface area contributed by atoms with Gasteiger partial charge in [-0.2, -0.15) is 0 Å². The molecule has 0 saturated carbocycles. The predicted molar refractivity (Wildman–Crippen MR) is 437 cm³/mol. The number of aromatic amines is 1. The standard InChI is InChI=1S/C49H32N2O.C26H17NO.C23H16BrN/c1-4-15-34(16-5-1)39-23-14-24-42-47-40-21-10-12-25-45(40)52-46-26-13-11-22-41(46)49(47)51(48(39)42)38-29-27-33(28-30-38)37-31-43(35-17-6-2-7-18-35)50-44(32-37)36-19-8-3-9-20-36;1-2-9-17(10-3-1)18-13-8-14-21-24-19-11-4-6-15-22(19)28-23-16-7-5-12-20(23)26(24)27-25(18)21;24-21-13-11-17(12-14-21)20-15-22(18-7-3-1-4-8-18)25-23(16-20)19-9-5-2-6-10-19/h1-32H;1-16,27H;1-16H. The van der Waals surface area contributed by atoms with Crippen molar-refractivity contribution in [2.24, 2.45) is 0 Å². The number of nitrogens with one attached hydrogen (secondary N) is 1. The second kappa shape index (κ2) is 28.2. The largest absolute Gasteiger partial charge is 0.456 e. The Bertz CT molecular complexity index is 6070. The summed E-state index contributed by atoms with van der Waals surface area (Å²) in [6, 6.07) is 135. The summed E-state index contributed by atoms with van der Waals surface area (Å²) < 4.78 is 16.5. The molecule has 7 heteroatoms. The van der Waals surface area contributed by atoms with Crippen LogP contribution in [0.15, 0.2) is 393 Å². The molecule has 6 heterocycles. The van der Waals surface area contributed by atoms with Crippen LogP contribution >= 0.6 is 15.9 Å². The average molecular weight is 1410 g/mol. The maximum atomic E-state index is 6.65. The lowest BCUT2D eigenvalue weighted by Crippen LogP contribution is -1.99. The van der Waals surface area contributed by atoms with E-state index in [2.05, 4.69) is 329 Å². The lowest BCUT2D eigenvalue weighted by Gasteiger charge is -2.16. The van der Waals surface area contributed by atoms with Gasteiger partial charge in [-0.3, -0.25) is 0 Å². The highest BCUT2D eigenvalue weighted by Crippen LogP contribution is 2.54. The van der Waals surface area contributed by atoms with E-state index in [-0.39, 0.29) is 0 Å². The Morgan fingerprint density at radius 3 is 1.07 bits per heavy atom. The van der Waals surface area contributed by atoms with Crippen molar-refractivity contribution >= 4 is 37.7 Å². The van der Waals surface area contributed by atoms with Crippen molar-refractivity contribution in [1.29, 1.82) is 0 Å². The number of hydrogen-bond donors (Lipinski definition) is 1. The molecule has 4 aromatic heterocycles. The van der Waals surface area contributed by atoms with Gasteiger partial charge >= 0.3 is 0 Å². The highest BCUT2D eigenvalue weighted by atomic mass is 79.9. The molecule has 0 bridgehead atoms. The van der Waals surface area contributed by atoms with Gasteiger partial charge in [-0.25, -0.2) is 9.97 Å². The maximum absolute atomic E-state index is 6.65. The first kappa shape index (κ1) is 63.7. The van der Waals surface area contributed by atoms with E-state index < -0.39 is 0 Å². The first-order valence-corrected chi connectivity index (χ1v) is 36.1. The number of halogens is 1. The van der Waals surface area contributed by atoms with Crippen molar-refractivity contribution in [3.8, 4) is 163 Å². The van der Waals surface area contributed by atoms with E-state index in [4.69, 9.17) is 19.4 Å². The molecule has 0 amide bonds. The normalized spacial score (nSPS) is 11.4. The van der Waals surface area contributed by atoms with Crippen LogP contribution in [0.3, 0.4) is 0 Å². The summed E-state index contributed by atoms with van der Waals surface area (Å²) in [5.74, 6) is 3.46. The monoisotopic (exact) mass is 1410 g/mol. The van der Waals surface area contributed by atoms with Crippen LogP contribution in [0, 0.1) is 0 Å². The first-order valence-electron chi connectivity index (χ1n) is 35.3. The van der Waals surface area contributed by atoms with Crippen LogP contribution in [-0.4, -0.2) is 19.5 Å². The summed E-state index contributed by atoms with van der Waals surface area (Å²) in [5.41, 5.74) is 30.0. The molecule has 2 aliphatic rings. The molecule has 0 radical (unpaired) electrons. The Kier molecular flexibility index (Phi) is 17.1. The number of para-hydroxylation sites is 6. The highest BCUT2D eigenvalue weighted by Gasteiger charge is 2.31. The smallest absolute Gasteiger partial charge is 0.136 e. The lowest BCUT2D eigenvalue weighted by molar-refractivity contribution is 0.487. The highest BCUT2D eigenvalue weighted by molar-refractivity contribution is 9.10. The molecule has 496 valence electrons. The summed E-state index contributed by atoms with van der Waals surface area (Å²) in [6.07, 6.45) is 0. The molecule has 14 aromatic carbocycles. The zero-order valence-corrected chi connectivity index (χ0v) is 58.6. The summed E-state index contributed by atoms with van der Waals surface area (Å²) >= 11 is 3.51. The van der Waals surface area contributed by atoms with Gasteiger partial charge in [0, 0.05) is 87.7 Å². The fraction of sp³-hybridized carbons (Fsp3) is 0. The molecule has 0 aliphatic carbocycles. The van der Waals surface area contributed by atoms with Gasteiger partial charge in [0.25, 0.3) is 0 Å². The van der Waals surface area contributed by atoms with Crippen LogP contribution in [0.25, 0.3) is 162 Å². The minimum Gasteiger partial charge on any atom is -0.456 e. The number of ether oxygens (including phenoxy) is 2. The Hall–Kier alpha value is -13.5. The third-order valence-corrected chi connectivity index (χ3v) is 20.1. The molecule has 0 atom stereocenters. The van der Waals surface area contributed by atoms with E-state index in [9.17, 15) is 0 Å². The Morgan fingerprint density at radius 2 is 0.600 bits per heavy atom. The molecular weight excluding hydrogens is 1350 g/mol. The number of nitrogens with zero attached hydrogens (tertiary/aromatic N) is 3. The second-order valence-electron chi connectivity index (χ2n) is 26.1. The van der Waals surface area contributed by atoms with Crippen LogP contribution in [0.2, 0.25) is 0 Å². The van der Waals surface area contributed by atoms with E-state index in [0.29, 0.717) is 0 Å². The van der Waals surface area contributed by atoms with Crippen molar-refractivity contribution in [2.75, 3.05) is 0 Å². The molecule has 6 nitrogen and oxygen atoms in total. The summed E-state index contributed by atoms with van der Waals surface area (Å²) in [6.45, 7) is 0. The number of fused-ring (bicyclic) bond motifs is 14. The fourth-order valence-corrected chi connectivity index (χ4v) is 14.9. The molecule has 0 spiro atoms. The van der Waals surface area contributed by atoms with Crippen LogP contribution < -0.4 is 9.47 Å². The van der Waals surface area contributed by atoms with Crippen molar-refractivity contribution in [3.63, 3.8) is 0 Å². The Morgan fingerprint density at radius 1 is 0.257 bits per heavy atom. The topological polar surface area (TPSA) is 65.0 Å². The fourth-order valence-electron chi connectivity index (χ4n) is 14.7. The zero-order chi connectivity index (χ0) is 70.0. The van der Waals surface area contributed by atoms with Gasteiger partial charge in [0.1, 0.15) is 23.0 Å². The van der Waals surface area contributed by atoms with Gasteiger partial charge in [0.2, 0.25) is 0 Å². The number of rotatable bonds is 9. The van der Waals surface area contributed by atoms with Crippen LogP contribution in [0.1, 0.15) is 0 Å². The minimum absolute atomic E-state index is 0.842. The molecule has 2 aliphatic heterocycles. The van der Waals surface area contributed by atoms with Crippen molar-refractivity contribution < 1.29 is 9.47 Å². The van der Waals surface area contributed by atoms with Gasteiger partial charge in [-0.15, -0.1) is 0 Å². The summed E-state index contributed by atoms with van der Waals surface area (Å²) in [7, 11) is 0. The third-order valence-electron chi connectivity index (χ3n) is 19.6. The molecule has 0 fully saturated rings. The van der Waals surface area contributed by atoms with Crippen molar-refractivity contribution in [3.05, 3.63) is 393 Å². The first-order chi connectivity index (χ1) is 52.0. The van der Waals surface area contributed by atoms with E-state index in [0.717, 1.165) is 128 Å². The Balaban J connectivity index is 0.000000124. The molecular formula is C98H65BrN4O2. The molecule has 0 unspecified atom stereocenters. The van der Waals surface area contributed by atoms with Gasteiger partial charge in [-0.1, -0.05) is 319 Å². The number of benzene rings is 14. The van der Waals surface area contributed by atoms with Gasteiger partial charge < -0.3 is 19.0 Å². The minimum atomic E-state index is 0.842.